The maximum Gasteiger partial charge on any atom is 0.147 e. The Bertz CT molecular complexity index is 658. The number of fused-ring (bicyclic) bond motifs is 1. The highest BCUT2D eigenvalue weighted by Crippen LogP contribution is 2.26. The molecule has 0 radical (unpaired) electrons. The Morgan fingerprint density at radius 2 is 1.68 bits per heavy atom. The van der Waals surface area contributed by atoms with Gasteiger partial charge in [0.2, 0.25) is 0 Å². The Morgan fingerprint density at radius 1 is 0.947 bits per heavy atom. The molecule has 0 aliphatic carbocycles. The van der Waals surface area contributed by atoms with Crippen molar-refractivity contribution in [2.24, 2.45) is 0 Å². The summed E-state index contributed by atoms with van der Waals surface area (Å²) in [5.74, 6) is 0. The van der Waals surface area contributed by atoms with E-state index in [-0.39, 0.29) is 0 Å². The van der Waals surface area contributed by atoms with Crippen LogP contribution in [0, 0.1) is 0 Å². The lowest BCUT2D eigenvalue weighted by Gasteiger charge is -1.99. The van der Waals surface area contributed by atoms with E-state index in [9.17, 15) is 0 Å². The molecule has 0 atom stereocenters. The number of rotatable bonds is 2. The average molecular weight is 270 g/mol. The van der Waals surface area contributed by atoms with E-state index in [0.717, 1.165) is 22.0 Å². The van der Waals surface area contributed by atoms with Crippen LogP contribution in [0.2, 0.25) is 0 Å². The lowest BCUT2D eigenvalue weighted by atomic mass is 10.1. The first-order valence-electron chi connectivity index (χ1n) is 6.68. The molecule has 3 aromatic rings. The molecule has 0 N–H and O–H groups in total. The Labute approximate surface area is 118 Å². The lowest BCUT2D eigenvalue weighted by molar-refractivity contribution is 0.986. The molecule has 98 valence electrons. The molecule has 2 aromatic carbocycles. The zero-order valence-electron chi connectivity index (χ0n) is 11.6. The number of aromatic nitrogens is 2. The average Bonchev–Trinajstić information content (AvgIpc) is 2.98. The van der Waals surface area contributed by atoms with E-state index in [1.54, 1.807) is 11.3 Å². The normalized spacial score (nSPS) is 10.1. The van der Waals surface area contributed by atoms with Crippen LogP contribution in [0.4, 0.5) is 0 Å². The zero-order chi connectivity index (χ0) is 13.7. The minimum atomic E-state index is 0.950. The van der Waals surface area contributed by atoms with Gasteiger partial charge < -0.3 is 0 Å². The molecule has 0 spiro atoms. The second kappa shape index (κ2) is 6.43. The predicted octanol–water partition coefficient (Wildman–Crippen LogP) is 4.95. The first kappa shape index (κ1) is 13.7. The van der Waals surface area contributed by atoms with Gasteiger partial charge in [-0.2, -0.15) is 0 Å². The Balaban J connectivity index is 0.000000637. The molecule has 0 aliphatic rings. The van der Waals surface area contributed by atoms with Crippen molar-refractivity contribution in [2.75, 3.05) is 0 Å². The summed E-state index contributed by atoms with van der Waals surface area (Å²) in [7, 11) is 0. The largest absolute Gasteiger partial charge is 0.147 e. The van der Waals surface area contributed by atoms with Crippen molar-refractivity contribution in [1.29, 1.82) is 0 Å². The summed E-state index contributed by atoms with van der Waals surface area (Å²) in [5.41, 5.74) is 1.15. The van der Waals surface area contributed by atoms with Gasteiger partial charge >= 0.3 is 0 Å². The Morgan fingerprint density at radius 3 is 2.37 bits per heavy atom. The first-order valence-corrected chi connectivity index (χ1v) is 7.50. The van der Waals surface area contributed by atoms with Crippen molar-refractivity contribution in [1.82, 2.24) is 10.2 Å². The van der Waals surface area contributed by atoms with Gasteiger partial charge in [-0.1, -0.05) is 68.5 Å². The molecule has 0 saturated carbocycles. The van der Waals surface area contributed by atoms with Crippen LogP contribution in [0.15, 0.2) is 42.5 Å². The highest BCUT2D eigenvalue weighted by atomic mass is 32.1. The number of hydrogen-bond donors (Lipinski definition) is 0. The van der Waals surface area contributed by atoms with Crippen molar-refractivity contribution in [3.05, 3.63) is 47.5 Å². The molecule has 3 heteroatoms. The molecule has 3 rings (SSSR count). The van der Waals surface area contributed by atoms with E-state index in [1.807, 2.05) is 13.8 Å². The van der Waals surface area contributed by atoms with Crippen LogP contribution in [-0.4, -0.2) is 10.2 Å². The van der Waals surface area contributed by atoms with Gasteiger partial charge in [0.05, 0.1) is 0 Å². The van der Waals surface area contributed by atoms with Crippen molar-refractivity contribution >= 4 is 22.1 Å². The SMILES string of the molecule is CC.CCc1nnc(-c2ccc3ccccc3c2)s1. The molecule has 0 amide bonds. The second-order valence-corrected chi connectivity index (χ2v) is 4.98. The van der Waals surface area contributed by atoms with Gasteiger partial charge in [-0.3, -0.25) is 0 Å². The molecule has 0 saturated heterocycles. The number of aryl methyl sites for hydroxylation is 1. The Hall–Kier alpha value is -1.74. The minimum Gasteiger partial charge on any atom is -0.143 e. The number of benzene rings is 2. The first-order chi connectivity index (χ1) is 9.36. The molecule has 0 fully saturated rings. The molecule has 0 aliphatic heterocycles. The predicted molar refractivity (Wildman–Crippen MR) is 83.6 cm³/mol. The third-order valence-corrected chi connectivity index (χ3v) is 3.88. The summed E-state index contributed by atoms with van der Waals surface area (Å²) >= 11 is 1.67. The Kier molecular flexibility index (Phi) is 4.63. The maximum absolute atomic E-state index is 4.23. The fourth-order valence-electron chi connectivity index (χ4n) is 1.84. The van der Waals surface area contributed by atoms with Gasteiger partial charge in [0.25, 0.3) is 0 Å². The van der Waals surface area contributed by atoms with E-state index >= 15 is 0 Å². The summed E-state index contributed by atoms with van der Waals surface area (Å²) < 4.78 is 0. The van der Waals surface area contributed by atoms with Gasteiger partial charge in [-0.25, -0.2) is 0 Å². The van der Waals surface area contributed by atoms with Gasteiger partial charge in [0, 0.05) is 5.56 Å². The number of hydrogen-bond acceptors (Lipinski definition) is 3. The molecule has 19 heavy (non-hydrogen) atoms. The molecular weight excluding hydrogens is 252 g/mol. The van der Waals surface area contributed by atoms with Crippen molar-refractivity contribution < 1.29 is 0 Å². The van der Waals surface area contributed by atoms with Gasteiger partial charge in [0.15, 0.2) is 0 Å². The molecular formula is C16H18N2S. The van der Waals surface area contributed by atoms with Crippen LogP contribution in [0.3, 0.4) is 0 Å². The fourth-order valence-corrected chi connectivity index (χ4v) is 2.61. The second-order valence-electron chi connectivity index (χ2n) is 3.92. The van der Waals surface area contributed by atoms with Crippen LogP contribution in [0.5, 0.6) is 0 Å². The van der Waals surface area contributed by atoms with Gasteiger partial charge in [-0.05, 0) is 23.3 Å². The third-order valence-electron chi connectivity index (χ3n) is 2.77. The van der Waals surface area contributed by atoms with Crippen molar-refractivity contribution in [2.45, 2.75) is 27.2 Å². The molecule has 1 aromatic heterocycles. The molecule has 0 unspecified atom stereocenters. The summed E-state index contributed by atoms with van der Waals surface area (Å²) in [6.45, 7) is 6.10. The van der Waals surface area contributed by atoms with Crippen molar-refractivity contribution in [3.63, 3.8) is 0 Å². The van der Waals surface area contributed by atoms with Crippen LogP contribution >= 0.6 is 11.3 Å². The standard InChI is InChI=1S/C14H12N2S.C2H6/c1-2-13-15-16-14(17-13)12-8-7-10-5-3-4-6-11(10)9-12;1-2/h3-9H,2H2,1H3;1-2H3. The third kappa shape index (κ3) is 2.99. The number of nitrogens with zero attached hydrogens (tertiary/aromatic N) is 2. The summed E-state index contributed by atoms with van der Waals surface area (Å²) in [4.78, 5) is 0. The van der Waals surface area contributed by atoms with Crippen molar-refractivity contribution in [3.8, 4) is 10.6 Å². The van der Waals surface area contributed by atoms with Crippen LogP contribution in [0.1, 0.15) is 25.8 Å². The highest BCUT2D eigenvalue weighted by Gasteiger charge is 2.05. The van der Waals surface area contributed by atoms with Gasteiger partial charge in [-0.15, -0.1) is 10.2 Å². The summed E-state index contributed by atoms with van der Waals surface area (Å²) in [6, 6.07) is 14.8. The van der Waals surface area contributed by atoms with Crippen LogP contribution in [0.25, 0.3) is 21.3 Å². The monoisotopic (exact) mass is 270 g/mol. The minimum absolute atomic E-state index is 0.950. The topological polar surface area (TPSA) is 25.8 Å². The van der Waals surface area contributed by atoms with E-state index in [0.29, 0.717) is 0 Å². The van der Waals surface area contributed by atoms with Gasteiger partial charge in [0.1, 0.15) is 10.0 Å². The maximum atomic E-state index is 4.23. The summed E-state index contributed by atoms with van der Waals surface area (Å²) in [6.07, 6.45) is 0.950. The van der Waals surface area contributed by atoms with Crippen LogP contribution < -0.4 is 0 Å². The van der Waals surface area contributed by atoms with Crippen LogP contribution in [-0.2, 0) is 6.42 Å². The molecule has 0 bridgehead atoms. The van der Waals surface area contributed by atoms with E-state index in [1.165, 1.54) is 10.8 Å². The lowest BCUT2D eigenvalue weighted by Crippen LogP contribution is -1.78. The van der Waals surface area contributed by atoms with E-state index in [2.05, 4.69) is 59.6 Å². The quantitative estimate of drug-likeness (QED) is 0.658. The zero-order valence-corrected chi connectivity index (χ0v) is 12.4. The van der Waals surface area contributed by atoms with E-state index in [4.69, 9.17) is 0 Å². The molecule has 2 nitrogen and oxygen atoms in total. The highest BCUT2D eigenvalue weighted by molar-refractivity contribution is 7.14. The molecule has 1 heterocycles. The summed E-state index contributed by atoms with van der Waals surface area (Å²) in [5, 5.41) is 13.0. The smallest absolute Gasteiger partial charge is 0.143 e. The van der Waals surface area contributed by atoms with E-state index < -0.39 is 0 Å². The fraction of sp³-hybridized carbons (Fsp3) is 0.250.